The molecule has 136 valence electrons. The standard InChI is InChI=1S/C21H24N2O3/c1-14-7-5-9-18(13-14)11-12-20(24)22-23-21(25)17(4)26-19-10-6-8-15(2)16(19)3/h5-13,17H,1-4H3,(H,22,24)(H,23,25)/b12-11+. The molecule has 26 heavy (non-hydrogen) atoms. The summed E-state index contributed by atoms with van der Waals surface area (Å²) >= 11 is 0. The predicted molar refractivity (Wildman–Crippen MR) is 103 cm³/mol. The minimum absolute atomic E-state index is 0.418. The summed E-state index contributed by atoms with van der Waals surface area (Å²) < 4.78 is 5.68. The van der Waals surface area contributed by atoms with Crippen LogP contribution in [0.2, 0.25) is 0 Å². The van der Waals surface area contributed by atoms with Crippen molar-refractivity contribution < 1.29 is 14.3 Å². The highest BCUT2D eigenvalue weighted by Gasteiger charge is 2.16. The summed E-state index contributed by atoms with van der Waals surface area (Å²) in [5, 5.41) is 0. The van der Waals surface area contributed by atoms with Crippen LogP contribution in [0.5, 0.6) is 5.75 Å². The molecule has 0 bridgehead atoms. The lowest BCUT2D eigenvalue weighted by Gasteiger charge is -2.17. The fourth-order valence-electron chi connectivity index (χ4n) is 2.31. The number of rotatable bonds is 5. The van der Waals surface area contributed by atoms with Crippen LogP contribution < -0.4 is 15.6 Å². The van der Waals surface area contributed by atoms with Crippen molar-refractivity contribution >= 4 is 17.9 Å². The Morgan fingerprint density at radius 2 is 1.77 bits per heavy atom. The molecule has 2 amide bonds. The number of hydrazine groups is 1. The smallest absolute Gasteiger partial charge is 0.279 e. The maximum absolute atomic E-state index is 12.1. The summed E-state index contributed by atoms with van der Waals surface area (Å²) in [5.41, 5.74) is 8.82. The molecule has 2 N–H and O–H groups in total. The lowest BCUT2D eigenvalue weighted by Crippen LogP contribution is -2.46. The Balaban J connectivity index is 1.85. The maximum Gasteiger partial charge on any atom is 0.279 e. The normalized spacial score (nSPS) is 11.8. The Hall–Kier alpha value is -3.08. The van der Waals surface area contributed by atoms with Crippen LogP contribution in [0.25, 0.3) is 6.08 Å². The molecule has 0 aromatic heterocycles. The zero-order valence-electron chi connectivity index (χ0n) is 15.5. The van der Waals surface area contributed by atoms with Gasteiger partial charge in [-0.2, -0.15) is 0 Å². The lowest BCUT2D eigenvalue weighted by molar-refractivity contribution is -0.131. The number of amides is 2. The first-order valence-corrected chi connectivity index (χ1v) is 8.44. The Labute approximate surface area is 154 Å². The molecule has 0 saturated heterocycles. The second-order valence-corrected chi connectivity index (χ2v) is 6.18. The van der Waals surface area contributed by atoms with E-state index in [0.29, 0.717) is 5.75 Å². The summed E-state index contributed by atoms with van der Waals surface area (Å²) in [4.78, 5) is 23.9. The van der Waals surface area contributed by atoms with Crippen LogP contribution in [-0.4, -0.2) is 17.9 Å². The summed E-state index contributed by atoms with van der Waals surface area (Å²) in [6, 6.07) is 13.4. The highest BCUT2D eigenvalue weighted by Crippen LogP contribution is 2.21. The van der Waals surface area contributed by atoms with Gasteiger partial charge in [-0.05, 0) is 56.5 Å². The molecule has 2 rings (SSSR count). The summed E-state index contributed by atoms with van der Waals surface area (Å²) in [5.74, 6) is -0.194. The van der Waals surface area contributed by atoms with Crippen LogP contribution >= 0.6 is 0 Å². The van der Waals surface area contributed by atoms with E-state index in [1.165, 1.54) is 6.08 Å². The van der Waals surface area contributed by atoms with Gasteiger partial charge in [0.2, 0.25) is 0 Å². The number of carbonyl (C=O) groups is 2. The van der Waals surface area contributed by atoms with Crippen LogP contribution in [0.15, 0.2) is 48.5 Å². The maximum atomic E-state index is 12.1. The first-order valence-electron chi connectivity index (χ1n) is 8.44. The van der Waals surface area contributed by atoms with Crippen molar-refractivity contribution in [3.05, 3.63) is 70.8 Å². The minimum Gasteiger partial charge on any atom is -0.481 e. The van der Waals surface area contributed by atoms with Crippen molar-refractivity contribution in [1.82, 2.24) is 10.9 Å². The van der Waals surface area contributed by atoms with Crippen LogP contribution in [-0.2, 0) is 9.59 Å². The molecule has 0 aliphatic rings. The van der Waals surface area contributed by atoms with Crippen LogP contribution in [0.3, 0.4) is 0 Å². The van der Waals surface area contributed by atoms with Gasteiger partial charge >= 0.3 is 0 Å². The van der Waals surface area contributed by atoms with Crippen molar-refractivity contribution in [1.29, 1.82) is 0 Å². The molecule has 0 radical (unpaired) electrons. The van der Waals surface area contributed by atoms with Gasteiger partial charge in [-0.1, -0.05) is 42.0 Å². The summed E-state index contributed by atoms with van der Waals surface area (Å²) in [7, 11) is 0. The molecule has 0 aliphatic heterocycles. The minimum atomic E-state index is -0.739. The number of hydrogen-bond acceptors (Lipinski definition) is 3. The highest BCUT2D eigenvalue weighted by atomic mass is 16.5. The van der Waals surface area contributed by atoms with E-state index < -0.39 is 17.9 Å². The molecule has 5 nitrogen and oxygen atoms in total. The van der Waals surface area contributed by atoms with Crippen molar-refractivity contribution in [2.45, 2.75) is 33.8 Å². The van der Waals surface area contributed by atoms with Gasteiger partial charge in [-0.3, -0.25) is 20.4 Å². The zero-order valence-corrected chi connectivity index (χ0v) is 15.5. The second kappa shape index (κ2) is 8.85. The molecule has 1 atom stereocenters. The van der Waals surface area contributed by atoms with E-state index >= 15 is 0 Å². The average molecular weight is 352 g/mol. The number of aryl methyl sites for hydroxylation is 2. The van der Waals surface area contributed by atoms with E-state index in [4.69, 9.17) is 4.74 Å². The van der Waals surface area contributed by atoms with Gasteiger partial charge in [0.05, 0.1) is 0 Å². The van der Waals surface area contributed by atoms with E-state index in [0.717, 1.165) is 22.3 Å². The first kappa shape index (κ1) is 19.2. The fourth-order valence-corrected chi connectivity index (χ4v) is 2.31. The number of benzene rings is 2. The molecule has 0 spiro atoms. The van der Waals surface area contributed by atoms with E-state index in [-0.39, 0.29) is 0 Å². The van der Waals surface area contributed by atoms with Gasteiger partial charge in [-0.25, -0.2) is 0 Å². The molecule has 0 saturated carbocycles. The molecule has 5 heteroatoms. The predicted octanol–water partition coefficient (Wildman–Crippen LogP) is 3.24. The van der Waals surface area contributed by atoms with Crippen molar-refractivity contribution in [3.8, 4) is 5.75 Å². The van der Waals surface area contributed by atoms with Gasteiger partial charge in [-0.15, -0.1) is 0 Å². The molecule has 0 fully saturated rings. The topological polar surface area (TPSA) is 67.4 Å². The van der Waals surface area contributed by atoms with Gasteiger partial charge < -0.3 is 4.74 Å². The molecular weight excluding hydrogens is 328 g/mol. The molecule has 0 heterocycles. The van der Waals surface area contributed by atoms with E-state index in [2.05, 4.69) is 10.9 Å². The fraction of sp³-hybridized carbons (Fsp3) is 0.238. The number of ether oxygens (including phenoxy) is 1. The monoisotopic (exact) mass is 352 g/mol. The summed E-state index contributed by atoms with van der Waals surface area (Å²) in [6.07, 6.45) is 2.31. The molecular formula is C21H24N2O3. The Morgan fingerprint density at radius 3 is 2.50 bits per heavy atom. The highest BCUT2D eigenvalue weighted by molar-refractivity contribution is 5.93. The van der Waals surface area contributed by atoms with Crippen molar-refractivity contribution in [2.24, 2.45) is 0 Å². The quantitative estimate of drug-likeness (QED) is 0.641. The van der Waals surface area contributed by atoms with E-state index in [1.54, 1.807) is 13.0 Å². The van der Waals surface area contributed by atoms with Gasteiger partial charge in [0.15, 0.2) is 6.10 Å². The Morgan fingerprint density at radius 1 is 1.04 bits per heavy atom. The Bertz CT molecular complexity index is 828. The van der Waals surface area contributed by atoms with Crippen molar-refractivity contribution in [3.63, 3.8) is 0 Å². The van der Waals surface area contributed by atoms with Crippen LogP contribution in [0.1, 0.15) is 29.2 Å². The van der Waals surface area contributed by atoms with Gasteiger partial charge in [0.1, 0.15) is 5.75 Å². The number of nitrogens with one attached hydrogen (secondary N) is 2. The van der Waals surface area contributed by atoms with Gasteiger partial charge in [0, 0.05) is 6.08 Å². The Kier molecular flexibility index (Phi) is 6.55. The summed E-state index contributed by atoms with van der Waals surface area (Å²) in [6.45, 7) is 7.53. The average Bonchev–Trinajstić information content (AvgIpc) is 2.61. The van der Waals surface area contributed by atoms with Crippen molar-refractivity contribution in [2.75, 3.05) is 0 Å². The van der Waals surface area contributed by atoms with Crippen LogP contribution in [0, 0.1) is 20.8 Å². The SMILES string of the molecule is Cc1cccc(/C=C/C(=O)NNC(=O)C(C)Oc2cccc(C)c2C)c1. The molecule has 1 unspecified atom stereocenters. The molecule has 0 aliphatic carbocycles. The first-order chi connectivity index (χ1) is 12.4. The lowest BCUT2D eigenvalue weighted by atomic mass is 10.1. The van der Waals surface area contributed by atoms with Gasteiger partial charge in [0.25, 0.3) is 11.8 Å². The third-order valence-corrected chi connectivity index (χ3v) is 4.01. The third-order valence-electron chi connectivity index (χ3n) is 4.01. The third kappa shape index (κ3) is 5.48. The molecule has 2 aromatic carbocycles. The van der Waals surface area contributed by atoms with E-state index in [9.17, 15) is 9.59 Å². The van der Waals surface area contributed by atoms with E-state index in [1.807, 2.05) is 63.2 Å². The van der Waals surface area contributed by atoms with Crippen LogP contribution in [0.4, 0.5) is 0 Å². The second-order valence-electron chi connectivity index (χ2n) is 6.18. The molecule has 2 aromatic rings. The number of carbonyl (C=O) groups excluding carboxylic acids is 2. The number of hydrogen-bond donors (Lipinski definition) is 2. The largest absolute Gasteiger partial charge is 0.481 e. The zero-order chi connectivity index (χ0) is 19.1.